The number of nitrogens with zero attached hydrogens (tertiary/aromatic N) is 2. The molecular weight excluding hydrogens is 262 g/mol. The number of carbonyl (C=O) groups is 1. The number of hydrogen-bond acceptors (Lipinski definition) is 3. The van der Waals surface area contributed by atoms with E-state index < -0.39 is 0 Å². The van der Waals surface area contributed by atoms with Gasteiger partial charge in [0.25, 0.3) is 0 Å². The maximum Gasteiger partial charge on any atom is 0.320 e. The molecule has 6 heteroatoms. The molecule has 0 bridgehead atoms. The molecule has 2 N–H and O–H groups in total. The molecule has 1 saturated heterocycles. The molecule has 1 aromatic carbocycles. The highest BCUT2D eigenvalue weighted by molar-refractivity contribution is 7.80. The van der Waals surface area contributed by atoms with Crippen molar-refractivity contribution >= 4 is 23.2 Å². The Morgan fingerprint density at radius 1 is 1.47 bits per heavy atom. The Labute approximate surface area is 117 Å². The normalized spacial score (nSPS) is 14.9. The van der Waals surface area contributed by atoms with Crippen molar-refractivity contribution < 1.29 is 9.53 Å². The van der Waals surface area contributed by atoms with Crippen molar-refractivity contribution in [1.29, 1.82) is 0 Å². The number of carbonyl (C=O) groups excluding carboxylic acids is 1. The molecule has 1 aliphatic heterocycles. The lowest BCUT2D eigenvalue weighted by atomic mass is 10.1. The summed E-state index contributed by atoms with van der Waals surface area (Å²) in [6.45, 7) is 1.97. The number of amides is 2. The molecule has 0 aromatic heterocycles. The van der Waals surface area contributed by atoms with E-state index >= 15 is 0 Å². The van der Waals surface area contributed by atoms with E-state index in [9.17, 15) is 4.79 Å². The average molecular weight is 279 g/mol. The fourth-order valence-corrected chi connectivity index (χ4v) is 2.24. The SMILES string of the molecule is COc1ccc(C(N)=S)cc1CN1CCN(C)C1=O. The summed E-state index contributed by atoms with van der Waals surface area (Å²) in [6.07, 6.45) is 0. The number of benzene rings is 1. The van der Waals surface area contributed by atoms with Gasteiger partial charge in [0.15, 0.2) is 0 Å². The molecule has 0 radical (unpaired) electrons. The quantitative estimate of drug-likeness (QED) is 0.841. The van der Waals surface area contributed by atoms with E-state index in [1.807, 2.05) is 18.2 Å². The van der Waals surface area contributed by atoms with Crippen molar-refractivity contribution in [3.05, 3.63) is 29.3 Å². The van der Waals surface area contributed by atoms with Crippen LogP contribution in [0.5, 0.6) is 5.75 Å². The number of hydrogen-bond donors (Lipinski definition) is 1. The molecule has 1 fully saturated rings. The van der Waals surface area contributed by atoms with Gasteiger partial charge in [-0.1, -0.05) is 12.2 Å². The van der Waals surface area contributed by atoms with Crippen molar-refractivity contribution in [2.45, 2.75) is 6.54 Å². The molecule has 1 heterocycles. The second kappa shape index (κ2) is 5.44. The average Bonchev–Trinajstić information content (AvgIpc) is 2.70. The predicted molar refractivity (Wildman–Crippen MR) is 77.3 cm³/mol. The van der Waals surface area contributed by atoms with Crippen molar-refractivity contribution in [3.8, 4) is 5.75 Å². The Bertz CT molecular complexity index is 519. The number of ether oxygens (including phenoxy) is 1. The fraction of sp³-hybridized carbons (Fsp3) is 0.385. The van der Waals surface area contributed by atoms with Crippen molar-refractivity contribution in [2.75, 3.05) is 27.2 Å². The molecular formula is C13H17N3O2S. The number of methoxy groups -OCH3 is 1. The van der Waals surface area contributed by atoms with E-state index in [-0.39, 0.29) is 6.03 Å². The van der Waals surface area contributed by atoms with Gasteiger partial charge >= 0.3 is 6.03 Å². The standard InChI is InChI=1S/C13H17N3O2S/c1-15-5-6-16(13(15)17)8-10-7-9(12(14)19)3-4-11(10)18-2/h3-4,7H,5-6,8H2,1-2H3,(H2,14,19). The molecule has 0 atom stereocenters. The number of likely N-dealkylation sites (N-methyl/N-ethyl adjacent to an activating group) is 1. The molecule has 2 rings (SSSR count). The summed E-state index contributed by atoms with van der Waals surface area (Å²) < 4.78 is 5.32. The summed E-state index contributed by atoms with van der Waals surface area (Å²) >= 11 is 4.97. The highest BCUT2D eigenvalue weighted by Gasteiger charge is 2.26. The summed E-state index contributed by atoms with van der Waals surface area (Å²) in [7, 11) is 3.40. The molecule has 0 saturated carbocycles. The first-order chi connectivity index (χ1) is 9.02. The van der Waals surface area contributed by atoms with Crippen molar-refractivity contribution in [1.82, 2.24) is 9.80 Å². The van der Waals surface area contributed by atoms with E-state index in [1.165, 1.54) is 0 Å². The van der Waals surface area contributed by atoms with Gasteiger partial charge in [-0.2, -0.15) is 0 Å². The maximum absolute atomic E-state index is 11.9. The number of thiocarbonyl (C=S) groups is 1. The smallest absolute Gasteiger partial charge is 0.320 e. The Morgan fingerprint density at radius 2 is 2.21 bits per heavy atom. The molecule has 1 aromatic rings. The van der Waals surface area contributed by atoms with Gasteiger partial charge in [0, 0.05) is 31.3 Å². The van der Waals surface area contributed by atoms with Crippen LogP contribution in [0.2, 0.25) is 0 Å². The Kier molecular flexibility index (Phi) is 3.90. The van der Waals surface area contributed by atoms with Gasteiger partial charge < -0.3 is 20.3 Å². The maximum atomic E-state index is 11.9. The lowest BCUT2D eigenvalue weighted by Crippen LogP contribution is -2.29. The third kappa shape index (κ3) is 2.78. The van der Waals surface area contributed by atoms with Crippen LogP contribution in [-0.4, -0.2) is 48.1 Å². The van der Waals surface area contributed by atoms with E-state index in [4.69, 9.17) is 22.7 Å². The van der Waals surface area contributed by atoms with Crippen molar-refractivity contribution in [3.63, 3.8) is 0 Å². The van der Waals surface area contributed by atoms with Crippen LogP contribution in [0.3, 0.4) is 0 Å². The van der Waals surface area contributed by atoms with E-state index in [0.717, 1.165) is 30.0 Å². The van der Waals surface area contributed by atoms with E-state index in [2.05, 4.69) is 0 Å². The zero-order valence-electron chi connectivity index (χ0n) is 11.0. The number of rotatable bonds is 4. The van der Waals surface area contributed by atoms with Crippen LogP contribution in [0.4, 0.5) is 4.79 Å². The molecule has 19 heavy (non-hydrogen) atoms. The zero-order valence-corrected chi connectivity index (χ0v) is 11.9. The minimum atomic E-state index is 0.0304. The second-order valence-electron chi connectivity index (χ2n) is 4.52. The molecule has 2 amide bonds. The van der Waals surface area contributed by atoms with Crippen LogP contribution >= 0.6 is 12.2 Å². The Morgan fingerprint density at radius 3 is 2.74 bits per heavy atom. The monoisotopic (exact) mass is 279 g/mol. The predicted octanol–water partition coefficient (Wildman–Crippen LogP) is 1.20. The number of nitrogens with two attached hydrogens (primary N) is 1. The van der Waals surface area contributed by atoms with Crippen LogP contribution in [0, 0.1) is 0 Å². The van der Waals surface area contributed by atoms with Crippen LogP contribution in [0.1, 0.15) is 11.1 Å². The summed E-state index contributed by atoms with van der Waals surface area (Å²) in [5, 5.41) is 0. The van der Waals surface area contributed by atoms with Crippen LogP contribution < -0.4 is 10.5 Å². The first-order valence-corrected chi connectivity index (χ1v) is 6.40. The molecule has 102 valence electrons. The summed E-state index contributed by atoms with van der Waals surface area (Å²) in [5.41, 5.74) is 7.33. The third-order valence-electron chi connectivity index (χ3n) is 3.23. The van der Waals surface area contributed by atoms with E-state index in [1.54, 1.807) is 24.0 Å². The molecule has 5 nitrogen and oxygen atoms in total. The van der Waals surface area contributed by atoms with Gasteiger partial charge in [-0.15, -0.1) is 0 Å². The van der Waals surface area contributed by atoms with Crippen LogP contribution in [0.15, 0.2) is 18.2 Å². The molecule has 0 aliphatic carbocycles. The number of urea groups is 1. The largest absolute Gasteiger partial charge is 0.496 e. The second-order valence-corrected chi connectivity index (χ2v) is 4.96. The van der Waals surface area contributed by atoms with E-state index in [0.29, 0.717) is 11.5 Å². The minimum Gasteiger partial charge on any atom is -0.496 e. The third-order valence-corrected chi connectivity index (χ3v) is 3.46. The van der Waals surface area contributed by atoms with Gasteiger partial charge in [0.2, 0.25) is 0 Å². The highest BCUT2D eigenvalue weighted by Crippen LogP contribution is 2.23. The first kappa shape index (κ1) is 13.6. The first-order valence-electron chi connectivity index (χ1n) is 5.99. The summed E-state index contributed by atoms with van der Waals surface area (Å²) in [5.74, 6) is 0.738. The minimum absolute atomic E-state index is 0.0304. The van der Waals surface area contributed by atoms with Gasteiger partial charge in [-0.3, -0.25) is 0 Å². The zero-order chi connectivity index (χ0) is 14.0. The molecule has 1 aliphatic rings. The summed E-state index contributed by atoms with van der Waals surface area (Å²) in [6, 6.07) is 5.56. The summed E-state index contributed by atoms with van der Waals surface area (Å²) in [4.78, 5) is 15.7. The lowest BCUT2D eigenvalue weighted by Gasteiger charge is -2.18. The van der Waals surface area contributed by atoms with Gasteiger partial charge in [-0.25, -0.2) is 4.79 Å². The lowest BCUT2D eigenvalue weighted by molar-refractivity contribution is 0.196. The van der Waals surface area contributed by atoms with Gasteiger partial charge in [0.05, 0.1) is 13.7 Å². The highest BCUT2D eigenvalue weighted by atomic mass is 32.1. The topological polar surface area (TPSA) is 58.8 Å². The van der Waals surface area contributed by atoms with Gasteiger partial charge in [0.1, 0.15) is 10.7 Å². The molecule has 0 unspecified atom stereocenters. The Hall–Kier alpha value is -1.82. The van der Waals surface area contributed by atoms with Crippen LogP contribution in [0.25, 0.3) is 0 Å². The Balaban J connectivity index is 2.25. The fourth-order valence-electron chi connectivity index (χ4n) is 2.11. The van der Waals surface area contributed by atoms with Gasteiger partial charge in [-0.05, 0) is 18.2 Å². The van der Waals surface area contributed by atoms with Crippen LogP contribution in [-0.2, 0) is 6.54 Å². The molecule has 0 spiro atoms. The van der Waals surface area contributed by atoms with Crippen molar-refractivity contribution in [2.24, 2.45) is 5.73 Å².